The molecule has 0 spiro atoms. The van der Waals surface area contributed by atoms with Crippen LogP contribution in [0.5, 0.6) is 0 Å². The average molecular weight is 388 g/mol. The lowest BCUT2D eigenvalue weighted by molar-refractivity contribution is 0.551. The first-order valence-electron chi connectivity index (χ1n) is 6.51. The van der Waals surface area contributed by atoms with E-state index in [0.717, 1.165) is 11.4 Å². The highest BCUT2D eigenvalue weighted by Gasteiger charge is 2.12. The topological polar surface area (TPSA) is 61.8 Å². The van der Waals surface area contributed by atoms with Gasteiger partial charge in [-0.15, -0.1) is 0 Å². The summed E-state index contributed by atoms with van der Waals surface area (Å²) < 4.78 is 5.18. The van der Waals surface area contributed by atoms with Crippen molar-refractivity contribution < 1.29 is 0 Å². The summed E-state index contributed by atoms with van der Waals surface area (Å²) in [6.07, 6.45) is 1.60. The highest BCUT2D eigenvalue weighted by Crippen LogP contribution is 2.05. The van der Waals surface area contributed by atoms with E-state index in [1.54, 1.807) is 10.8 Å². The maximum atomic E-state index is 12.3. The zero-order valence-electron chi connectivity index (χ0n) is 11.8. The summed E-state index contributed by atoms with van der Waals surface area (Å²) in [5, 5.41) is 4.34. The van der Waals surface area contributed by atoms with Gasteiger partial charge in [0.2, 0.25) is 0 Å². The fourth-order valence-electron chi connectivity index (χ4n) is 2.15. The lowest BCUT2D eigenvalue weighted by Gasteiger charge is -2.10. The first-order chi connectivity index (χ1) is 9.47. The van der Waals surface area contributed by atoms with Gasteiger partial charge >= 0.3 is 5.69 Å². The van der Waals surface area contributed by atoms with E-state index in [1.807, 2.05) is 54.1 Å². The maximum Gasteiger partial charge on any atom is 0.331 e. The molecule has 0 saturated heterocycles. The average Bonchev–Trinajstić information content (AvgIpc) is 2.79. The van der Waals surface area contributed by atoms with Crippen LogP contribution >= 0.6 is 22.6 Å². The van der Waals surface area contributed by atoms with Gasteiger partial charge in [0.1, 0.15) is 0 Å². The highest BCUT2D eigenvalue weighted by molar-refractivity contribution is 14.1. The van der Waals surface area contributed by atoms with Gasteiger partial charge in [-0.05, 0) is 49.4 Å². The number of halogens is 1. The molecular weight excluding hydrogens is 371 g/mol. The number of nitrogens with zero attached hydrogens (tertiary/aromatic N) is 4. The molecule has 2 aromatic heterocycles. The van der Waals surface area contributed by atoms with Crippen LogP contribution in [0.25, 0.3) is 0 Å². The summed E-state index contributed by atoms with van der Waals surface area (Å²) in [6, 6.07) is 1.91. The van der Waals surface area contributed by atoms with Crippen molar-refractivity contribution in [2.24, 2.45) is 0 Å². The van der Waals surface area contributed by atoms with E-state index < -0.39 is 0 Å². The molecule has 0 aliphatic heterocycles. The molecule has 0 fully saturated rings. The summed E-state index contributed by atoms with van der Waals surface area (Å²) >= 11 is 1.97. The number of hydrogen-bond acceptors (Lipinski definition) is 3. The van der Waals surface area contributed by atoms with Gasteiger partial charge in [0.15, 0.2) is 0 Å². The lowest BCUT2D eigenvalue weighted by atomic mass is 10.3. The summed E-state index contributed by atoms with van der Waals surface area (Å²) in [5.74, 6) is 0. The Hall–Kier alpha value is -1.38. The number of aryl methyl sites for hydroxylation is 3. The highest BCUT2D eigenvalue weighted by atomic mass is 127. The molecule has 0 amide bonds. The number of rotatable bonds is 4. The third kappa shape index (κ3) is 2.72. The van der Waals surface area contributed by atoms with Crippen molar-refractivity contribution in [3.8, 4) is 0 Å². The van der Waals surface area contributed by atoms with Gasteiger partial charge in [0.25, 0.3) is 5.56 Å². The molecule has 0 unspecified atom stereocenters. The van der Waals surface area contributed by atoms with Crippen LogP contribution in [0.3, 0.4) is 0 Å². The van der Waals surface area contributed by atoms with Crippen molar-refractivity contribution in [2.75, 3.05) is 0 Å². The summed E-state index contributed by atoms with van der Waals surface area (Å²) in [7, 11) is 0. The normalized spacial score (nSPS) is 11.0. The first-order valence-corrected chi connectivity index (χ1v) is 7.58. The van der Waals surface area contributed by atoms with Gasteiger partial charge in [-0.3, -0.25) is 18.6 Å². The second-order valence-corrected chi connectivity index (χ2v) is 5.69. The Kier molecular flexibility index (Phi) is 4.46. The molecule has 0 atom stereocenters. The number of hydrogen-bond donors (Lipinski definition) is 0. The van der Waals surface area contributed by atoms with E-state index in [-0.39, 0.29) is 17.8 Å². The molecule has 108 valence electrons. The van der Waals surface area contributed by atoms with Gasteiger partial charge in [0, 0.05) is 19.3 Å². The SMILES string of the molecule is CCn1nc(C)cc1Cn1c(=O)c(I)cn(CC)c1=O. The molecule has 2 aromatic rings. The van der Waals surface area contributed by atoms with Crippen molar-refractivity contribution in [1.82, 2.24) is 18.9 Å². The van der Waals surface area contributed by atoms with Crippen LogP contribution < -0.4 is 11.2 Å². The molecular formula is C13H17IN4O2. The zero-order chi connectivity index (χ0) is 14.9. The third-order valence-corrected chi connectivity index (χ3v) is 3.88. The van der Waals surface area contributed by atoms with Crippen LogP contribution in [-0.2, 0) is 19.6 Å². The van der Waals surface area contributed by atoms with Crippen molar-refractivity contribution in [2.45, 2.75) is 40.4 Å². The minimum Gasteiger partial charge on any atom is -0.300 e. The van der Waals surface area contributed by atoms with Crippen LogP contribution in [-0.4, -0.2) is 18.9 Å². The van der Waals surface area contributed by atoms with Gasteiger partial charge < -0.3 is 0 Å². The standard InChI is InChI=1S/C13H17IN4O2/c1-4-16-8-11(14)12(19)17(13(16)20)7-10-6-9(3)15-18(10)5-2/h6,8H,4-5,7H2,1-3H3. The Balaban J connectivity index is 2.56. The Labute approximate surface area is 130 Å². The van der Waals surface area contributed by atoms with E-state index in [0.29, 0.717) is 16.7 Å². The van der Waals surface area contributed by atoms with Crippen molar-refractivity contribution in [1.29, 1.82) is 0 Å². The zero-order valence-corrected chi connectivity index (χ0v) is 13.9. The van der Waals surface area contributed by atoms with E-state index in [9.17, 15) is 9.59 Å². The molecule has 0 aliphatic carbocycles. The quantitative estimate of drug-likeness (QED) is 0.740. The fourth-order valence-corrected chi connectivity index (χ4v) is 2.77. The van der Waals surface area contributed by atoms with Crippen LogP contribution in [0.15, 0.2) is 21.9 Å². The minimum absolute atomic E-state index is 0.248. The smallest absolute Gasteiger partial charge is 0.300 e. The minimum atomic E-state index is -0.278. The second-order valence-electron chi connectivity index (χ2n) is 4.53. The fraction of sp³-hybridized carbons (Fsp3) is 0.462. The van der Waals surface area contributed by atoms with Gasteiger partial charge in [-0.2, -0.15) is 5.10 Å². The van der Waals surface area contributed by atoms with Gasteiger partial charge in [-0.25, -0.2) is 4.79 Å². The van der Waals surface area contributed by atoms with Crippen LogP contribution in [0.2, 0.25) is 0 Å². The van der Waals surface area contributed by atoms with Gasteiger partial charge in [0.05, 0.1) is 21.5 Å². The van der Waals surface area contributed by atoms with E-state index in [4.69, 9.17) is 0 Å². The lowest BCUT2D eigenvalue weighted by Crippen LogP contribution is -2.41. The molecule has 2 heterocycles. The first kappa shape index (κ1) is 15.0. The van der Waals surface area contributed by atoms with E-state index >= 15 is 0 Å². The molecule has 0 aliphatic rings. The van der Waals surface area contributed by atoms with E-state index in [1.165, 1.54) is 4.57 Å². The maximum absolute atomic E-state index is 12.3. The molecule has 2 rings (SSSR count). The monoisotopic (exact) mass is 388 g/mol. The van der Waals surface area contributed by atoms with Crippen LogP contribution in [0.4, 0.5) is 0 Å². The summed E-state index contributed by atoms with van der Waals surface area (Å²) in [5.41, 5.74) is 1.23. The molecule has 0 bridgehead atoms. The van der Waals surface area contributed by atoms with Crippen molar-refractivity contribution in [3.05, 3.63) is 48.1 Å². The van der Waals surface area contributed by atoms with Crippen LogP contribution in [0.1, 0.15) is 25.2 Å². The van der Waals surface area contributed by atoms with Crippen LogP contribution in [0, 0.1) is 10.5 Å². The molecule has 0 radical (unpaired) electrons. The summed E-state index contributed by atoms with van der Waals surface area (Å²) in [6.45, 7) is 7.27. The molecule has 0 aromatic carbocycles. The molecule has 20 heavy (non-hydrogen) atoms. The Morgan fingerprint density at radius 1 is 1.25 bits per heavy atom. The molecule has 6 nitrogen and oxygen atoms in total. The van der Waals surface area contributed by atoms with E-state index in [2.05, 4.69) is 5.10 Å². The largest absolute Gasteiger partial charge is 0.331 e. The van der Waals surface area contributed by atoms with Crippen molar-refractivity contribution >= 4 is 22.6 Å². The molecule has 0 N–H and O–H groups in total. The Morgan fingerprint density at radius 2 is 1.95 bits per heavy atom. The predicted molar refractivity (Wildman–Crippen MR) is 85.1 cm³/mol. The Morgan fingerprint density at radius 3 is 2.55 bits per heavy atom. The van der Waals surface area contributed by atoms with Gasteiger partial charge in [-0.1, -0.05) is 0 Å². The third-order valence-electron chi connectivity index (χ3n) is 3.14. The summed E-state index contributed by atoms with van der Waals surface area (Å²) in [4.78, 5) is 24.5. The predicted octanol–water partition coefficient (Wildman–Crippen LogP) is 1.21. The van der Waals surface area contributed by atoms with Crippen molar-refractivity contribution in [3.63, 3.8) is 0 Å². The number of aromatic nitrogens is 4. The molecule has 0 saturated carbocycles. The molecule has 7 heteroatoms. The Bertz CT molecular complexity index is 742. The second kappa shape index (κ2) is 5.94.